The molecule has 0 saturated carbocycles. The minimum Gasteiger partial charge on any atom is -0.452 e. The van der Waals surface area contributed by atoms with E-state index < -0.39 is 0 Å². The first-order chi connectivity index (χ1) is 11.0. The first-order valence-corrected chi connectivity index (χ1v) is 7.24. The highest BCUT2D eigenvalue weighted by Gasteiger charge is 2.18. The van der Waals surface area contributed by atoms with Gasteiger partial charge in [0.1, 0.15) is 5.75 Å². The molecule has 0 amide bonds. The molecule has 0 aliphatic rings. The van der Waals surface area contributed by atoms with E-state index in [0.717, 1.165) is 0 Å². The molecule has 0 unspecified atom stereocenters. The SMILES string of the molecule is CN(C)/C=C(/Oc1ccc(C#N)cc1)C(=O)c1ccccc1Cl. The van der Waals surface area contributed by atoms with Crippen LogP contribution < -0.4 is 4.74 Å². The molecule has 0 fully saturated rings. The molecule has 0 spiro atoms. The summed E-state index contributed by atoms with van der Waals surface area (Å²) in [5.41, 5.74) is 0.892. The highest BCUT2D eigenvalue weighted by Crippen LogP contribution is 2.22. The molecule has 2 aromatic rings. The molecule has 0 N–H and O–H groups in total. The molecule has 116 valence electrons. The van der Waals surface area contributed by atoms with Gasteiger partial charge in [-0.1, -0.05) is 23.7 Å². The molecule has 0 heterocycles. The number of rotatable bonds is 5. The van der Waals surface area contributed by atoms with Gasteiger partial charge in [-0.3, -0.25) is 4.79 Å². The molecular weight excluding hydrogens is 312 g/mol. The normalized spacial score (nSPS) is 10.8. The maximum atomic E-state index is 12.7. The van der Waals surface area contributed by atoms with Crippen LogP contribution in [0.3, 0.4) is 0 Å². The molecule has 2 aromatic carbocycles. The van der Waals surface area contributed by atoms with E-state index in [2.05, 4.69) is 0 Å². The van der Waals surface area contributed by atoms with Crippen molar-refractivity contribution in [2.75, 3.05) is 14.1 Å². The van der Waals surface area contributed by atoms with Crippen LogP contribution in [0, 0.1) is 11.3 Å². The highest BCUT2D eigenvalue weighted by atomic mass is 35.5. The number of Topliss-reactive ketones (excluding diaryl/α,β-unsaturated/α-hetero) is 1. The van der Waals surface area contributed by atoms with Crippen molar-refractivity contribution in [2.24, 2.45) is 0 Å². The molecule has 0 aliphatic heterocycles. The van der Waals surface area contributed by atoms with Gasteiger partial charge in [-0.05, 0) is 36.4 Å². The Bertz CT molecular complexity index is 774. The van der Waals surface area contributed by atoms with Gasteiger partial charge in [0.2, 0.25) is 5.78 Å². The summed E-state index contributed by atoms with van der Waals surface area (Å²) in [5, 5.41) is 9.19. The largest absolute Gasteiger partial charge is 0.452 e. The van der Waals surface area contributed by atoms with E-state index in [0.29, 0.717) is 21.9 Å². The Hall–Kier alpha value is -2.77. The number of ketones is 1. The predicted octanol–water partition coefficient (Wildman–Crippen LogP) is 3.88. The van der Waals surface area contributed by atoms with Crippen molar-refractivity contribution >= 4 is 17.4 Å². The number of ether oxygens (including phenoxy) is 1. The van der Waals surface area contributed by atoms with Crippen molar-refractivity contribution in [3.8, 4) is 11.8 Å². The van der Waals surface area contributed by atoms with E-state index >= 15 is 0 Å². The summed E-state index contributed by atoms with van der Waals surface area (Å²) >= 11 is 6.09. The Morgan fingerprint density at radius 2 is 1.83 bits per heavy atom. The number of carbonyl (C=O) groups is 1. The first-order valence-electron chi connectivity index (χ1n) is 6.86. The summed E-state index contributed by atoms with van der Waals surface area (Å²) < 4.78 is 5.70. The minimum absolute atomic E-state index is 0.146. The lowest BCUT2D eigenvalue weighted by Crippen LogP contribution is -2.15. The highest BCUT2D eigenvalue weighted by molar-refractivity contribution is 6.34. The maximum Gasteiger partial charge on any atom is 0.231 e. The summed E-state index contributed by atoms with van der Waals surface area (Å²) in [6, 6.07) is 15.4. The maximum absolute atomic E-state index is 12.7. The van der Waals surface area contributed by atoms with Crippen LogP contribution in [0.5, 0.6) is 5.75 Å². The van der Waals surface area contributed by atoms with Crippen molar-refractivity contribution < 1.29 is 9.53 Å². The van der Waals surface area contributed by atoms with Gasteiger partial charge in [0.05, 0.1) is 16.7 Å². The standard InChI is InChI=1S/C18H15ClN2O2/c1-21(2)12-17(18(22)15-5-3-4-6-16(15)19)23-14-9-7-13(11-20)8-10-14/h3-10,12H,1-2H3/b17-12+. The van der Waals surface area contributed by atoms with E-state index in [1.54, 1.807) is 73.7 Å². The number of carbonyl (C=O) groups excluding carboxylic acids is 1. The van der Waals surface area contributed by atoms with Crippen LogP contribution in [0.15, 0.2) is 60.5 Å². The molecule has 23 heavy (non-hydrogen) atoms. The zero-order valence-corrected chi connectivity index (χ0v) is 13.5. The van der Waals surface area contributed by atoms with Crippen molar-refractivity contribution in [1.82, 2.24) is 4.90 Å². The molecule has 2 rings (SSSR count). The zero-order valence-electron chi connectivity index (χ0n) is 12.8. The van der Waals surface area contributed by atoms with Crippen molar-refractivity contribution in [3.05, 3.63) is 76.6 Å². The second-order valence-corrected chi connectivity index (χ2v) is 5.41. The van der Waals surface area contributed by atoms with Crippen LogP contribution in [-0.4, -0.2) is 24.8 Å². The van der Waals surface area contributed by atoms with Gasteiger partial charge in [-0.2, -0.15) is 5.26 Å². The Balaban J connectivity index is 2.32. The van der Waals surface area contributed by atoms with Crippen LogP contribution in [0.25, 0.3) is 0 Å². The Morgan fingerprint density at radius 1 is 1.17 bits per heavy atom. The Kier molecular flexibility index (Phi) is 5.40. The minimum atomic E-state index is -0.311. The van der Waals surface area contributed by atoms with E-state index in [1.807, 2.05) is 6.07 Å². The van der Waals surface area contributed by atoms with Gasteiger partial charge in [0.25, 0.3) is 0 Å². The molecule has 0 atom stereocenters. The van der Waals surface area contributed by atoms with Crippen LogP contribution in [0.2, 0.25) is 5.02 Å². The summed E-state index contributed by atoms with van der Waals surface area (Å²) in [5.74, 6) is 0.305. The summed E-state index contributed by atoms with van der Waals surface area (Å²) in [7, 11) is 3.59. The van der Waals surface area contributed by atoms with Gasteiger partial charge >= 0.3 is 0 Å². The van der Waals surface area contributed by atoms with Crippen molar-refractivity contribution in [1.29, 1.82) is 5.26 Å². The van der Waals surface area contributed by atoms with Gasteiger partial charge in [0, 0.05) is 25.9 Å². The van der Waals surface area contributed by atoms with Crippen molar-refractivity contribution in [2.45, 2.75) is 0 Å². The number of nitriles is 1. The fourth-order valence-electron chi connectivity index (χ4n) is 1.87. The predicted molar refractivity (Wildman–Crippen MR) is 89.3 cm³/mol. The summed E-state index contributed by atoms with van der Waals surface area (Å²) in [6.45, 7) is 0. The molecule has 0 bridgehead atoms. The van der Waals surface area contributed by atoms with Gasteiger partial charge < -0.3 is 9.64 Å². The molecule has 0 saturated heterocycles. The third-order valence-corrected chi connectivity index (χ3v) is 3.26. The fourth-order valence-corrected chi connectivity index (χ4v) is 2.09. The summed E-state index contributed by atoms with van der Waals surface area (Å²) in [6.07, 6.45) is 1.59. The molecular formula is C18H15ClN2O2. The van der Waals surface area contributed by atoms with E-state index in [9.17, 15) is 4.79 Å². The third kappa shape index (κ3) is 4.35. The second kappa shape index (κ2) is 7.48. The number of halogens is 1. The zero-order chi connectivity index (χ0) is 16.8. The van der Waals surface area contributed by atoms with Crippen molar-refractivity contribution in [3.63, 3.8) is 0 Å². The molecule has 0 aliphatic carbocycles. The lowest BCUT2D eigenvalue weighted by Gasteiger charge is -2.13. The lowest BCUT2D eigenvalue weighted by molar-refractivity contribution is 0.0982. The topological polar surface area (TPSA) is 53.3 Å². The van der Waals surface area contributed by atoms with Gasteiger partial charge in [0.15, 0.2) is 5.76 Å². The number of benzene rings is 2. The Labute approximate surface area is 140 Å². The third-order valence-electron chi connectivity index (χ3n) is 2.93. The van der Waals surface area contributed by atoms with E-state index in [1.165, 1.54) is 0 Å². The monoisotopic (exact) mass is 326 g/mol. The Morgan fingerprint density at radius 3 is 2.39 bits per heavy atom. The fraction of sp³-hybridized carbons (Fsp3) is 0.111. The van der Waals surface area contributed by atoms with Crippen LogP contribution in [-0.2, 0) is 0 Å². The average molecular weight is 327 g/mol. The lowest BCUT2D eigenvalue weighted by atomic mass is 10.1. The number of nitrogens with zero attached hydrogens (tertiary/aromatic N) is 2. The molecule has 5 heteroatoms. The number of hydrogen-bond acceptors (Lipinski definition) is 4. The van der Waals surface area contributed by atoms with Gasteiger partial charge in [-0.15, -0.1) is 0 Å². The second-order valence-electron chi connectivity index (χ2n) is 5.00. The van der Waals surface area contributed by atoms with Crippen LogP contribution in [0.1, 0.15) is 15.9 Å². The first kappa shape index (κ1) is 16.6. The summed E-state index contributed by atoms with van der Waals surface area (Å²) in [4.78, 5) is 14.4. The number of allylic oxidation sites excluding steroid dienone is 1. The smallest absolute Gasteiger partial charge is 0.231 e. The molecule has 4 nitrogen and oxygen atoms in total. The van der Waals surface area contributed by atoms with E-state index in [-0.39, 0.29) is 11.5 Å². The van der Waals surface area contributed by atoms with E-state index in [4.69, 9.17) is 21.6 Å². The molecule has 0 aromatic heterocycles. The quantitative estimate of drug-likeness (QED) is 0.475. The molecule has 0 radical (unpaired) electrons. The average Bonchev–Trinajstić information content (AvgIpc) is 2.54. The van der Waals surface area contributed by atoms with Crippen LogP contribution >= 0.6 is 11.6 Å². The number of hydrogen-bond donors (Lipinski definition) is 0. The van der Waals surface area contributed by atoms with Gasteiger partial charge in [-0.25, -0.2) is 0 Å². The van der Waals surface area contributed by atoms with Crippen LogP contribution in [0.4, 0.5) is 0 Å².